The third kappa shape index (κ3) is 3.40. The number of hydrogen-bond acceptors (Lipinski definition) is 4. The van der Waals surface area contributed by atoms with Crippen LogP contribution in [0.5, 0.6) is 5.75 Å². The summed E-state index contributed by atoms with van der Waals surface area (Å²) in [5, 5.41) is 0. The summed E-state index contributed by atoms with van der Waals surface area (Å²) in [6.07, 6.45) is 0.672. The van der Waals surface area contributed by atoms with Gasteiger partial charge in [-0.1, -0.05) is 30.3 Å². The van der Waals surface area contributed by atoms with Crippen molar-refractivity contribution >= 4 is 5.91 Å². The summed E-state index contributed by atoms with van der Waals surface area (Å²) in [6.45, 7) is 7.39. The van der Waals surface area contributed by atoms with Crippen molar-refractivity contribution in [2.45, 2.75) is 45.0 Å². The van der Waals surface area contributed by atoms with E-state index in [1.54, 1.807) is 0 Å². The SMILES string of the molecule is Cc1cc(C(=O)N2CCC3(c4ccccc4)OCOC3C2)ccc1OC(C)C. The monoisotopic (exact) mass is 381 g/mol. The molecule has 2 aliphatic heterocycles. The average molecular weight is 381 g/mol. The highest BCUT2D eigenvalue weighted by molar-refractivity contribution is 5.94. The molecule has 2 unspecified atom stereocenters. The maximum atomic E-state index is 13.1. The number of carbonyl (C=O) groups excluding carboxylic acids is 1. The molecular weight excluding hydrogens is 354 g/mol. The lowest BCUT2D eigenvalue weighted by atomic mass is 9.82. The van der Waals surface area contributed by atoms with Crippen LogP contribution in [-0.2, 0) is 15.1 Å². The van der Waals surface area contributed by atoms with Crippen molar-refractivity contribution in [2.75, 3.05) is 19.9 Å². The minimum Gasteiger partial charge on any atom is -0.491 e. The van der Waals surface area contributed by atoms with E-state index in [1.807, 2.05) is 62.1 Å². The van der Waals surface area contributed by atoms with Crippen molar-refractivity contribution in [1.29, 1.82) is 0 Å². The first-order chi connectivity index (χ1) is 13.5. The van der Waals surface area contributed by atoms with Crippen LogP contribution in [0.4, 0.5) is 0 Å². The lowest BCUT2D eigenvalue weighted by molar-refractivity contribution is -0.0439. The Bertz CT molecular complexity index is 851. The molecule has 2 aromatic carbocycles. The standard InChI is InChI=1S/C23H27NO4/c1-16(2)28-20-10-9-18(13-17(20)3)22(25)24-12-11-23(19-7-5-4-6-8-19)21(14-24)26-15-27-23/h4-10,13,16,21H,11-12,14-15H2,1-3H3. The fourth-order valence-electron chi connectivity index (χ4n) is 4.14. The molecule has 5 nitrogen and oxygen atoms in total. The van der Waals surface area contributed by atoms with E-state index < -0.39 is 5.60 Å². The van der Waals surface area contributed by atoms with Gasteiger partial charge in [-0.25, -0.2) is 0 Å². The molecule has 2 atom stereocenters. The number of benzene rings is 2. The Kier molecular flexibility index (Phi) is 5.13. The second-order valence-corrected chi connectivity index (χ2v) is 7.82. The van der Waals surface area contributed by atoms with E-state index in [0.29, 0.717) is 18.7 Å². The first-order valence-electron chi connectivity index (χ1n) is 9.87. The zero-order chi connectivity index (χ0) is 19.7. The number of rotatable bonds is 4. The summed E-state index contributed by atoms with van der Waals surface area (Å²) < 4.78 is 17.7. The summed E-state index contributed by atoms with van der Waals surface area (Å²) in [5.41, 5.74) is 2.31. The molecule has 2 saturated heterocycles. The molecule has 0 aromatic heterocycles. The van der Waals surface area contributed by atoms with Crippen molar-refractivity contribution in [3.05, 3.63) is 65.2 Å². The van der Waals surface area contributed by atoms with Gasteiger partial charge in [0, 0.05) is 18.5 Å². The molecule has 0 N–H and O–H groups in total. The summed E-state index contributed by atoms with van der Waals surface area (Å²) in [4.78, 5) is 15.0. The zero-order valence-electron chi connectivity index (χ0n) is 16.7. The molecule has 4 rings (SSSR count). The Morgan fingerprint density at radius 2 is 2.00 bits per heavy atom. The molecule has 5 heteroatoms. The third-order valence-corrected chi connectivity index (χ3v) is 5.58. The number of fused-ring (bicyclic) bond motifs is 1. The number of amides is 1. The van der Waals surface area contributed by atoms with Crippen LogP contribution in [0.25, 0.3) is 0 Å². The van der Waals surface area contributed by atoms with Gasteiger partial charge in [0.2, 0.25) is 0 Å². The van der Waals surface area contributed by atoms with Crippen LogP contribution in [0.2, 0.25) is 0 Å². The number of ether oxygens (including phenoxy) is 3. The topological polar surface area (TPSA) is 48.0 Å². The molecule has 2 fully saturated rings. The van der Waals surface area contributed by atoms with Crippen LogP contribution < -0.4 is 4.74 Å². The minimum atomic E-state index is -0.455. The van der Waals surface area contributed by atoms with E-state index in [4.69, 9.17) is 14.2 Å². The number of likely N-dealkylation sites (tertiary alicyclic amines) is 1. The molecule has 2 heterocycles. The van der Waals surface area contributed by atoms with Gasteiger partial charge >= 0.3 is 0 Å². The van der Waals surface area contributed by atoms with Gasteiger partial charge in [-0.3, -0.25) is 4.79 Å². The van der Waals surface area contributed by atoms with Gasteiger partial charge in [0.05, 0.1) is 12.6 Å². The summed E-state index contributed by atoms with van der Waals surface area (Å²) in [6, 6.07) is 15.8. The number of piperidine rings is 1. The molecule has 0 radical (unpaired) electrons. The van der Waals surface area contributed by atoms with E-state index in [1.165, 1.54) is 0 Å². The van der Waals surface area contributed by atoms with E-state index in [2.05, 4.69) is 12.1 Å². The third-order valence-electron chi connectivity index (χ3n) is 5.58. The first kappa shape index (κ1) is 19.0. The highest BCUT2D eigenvalue weighted by atomic mass is 16.7. The zero-order valence-corrected chi connectivity index (χ0v) is 16.7. The second kappa shape index (κ2) is 7.57. The molecule has 2 aromatic rings. The highest BCUT2D eigenvalue weighted by Gasteiger charge is 2.51. The first-order valence-corrected chi connectivity index (χ1v) is 9.87. The van der Waals surface area contributed by atoms with Crippen LogP contribution >= 0.6 is 0 Å². The Balaban J connectivity index is 1.51. The molecule has 0 spiro atoms. The van der Waals surface area contributed by atoms with Crippen molar-refractivity contribution < 1.29 is 19.0 Å². The van der Waals surface area contributed by atoms with Gasteiger partial charge in [-0.2, -0.15) is 0 Å². The predicted molar refractivity (Wildman–Crippen MR) is 106 cm³/mol. The summed E-state index contributed by atoms with van der Waals surface area (Å²) >= 11 is 0. The van der Waals surface area contributed by atoms with Crippen LogP contribution in [0, 0.1) is 6.92 Å². The lowest BCUT2D eigenvalue weighted by Crippen LogP contribution is -2.53. The number of hydrogen-bond donors (Lipinski definition) is 0. The Labute approximate surface area is 166 Å². The molecule has 0 bridgehead atoms. The number of carbonyl (C=O) groups is 1. The number of aryl methyl sites for hydroxylation is 1. The van der Waals surface area contributed by atoms with Gasteiger partial charge in [-0.05, 0) is 50.1 Å². The maximum absolute atomic E-state index is 13.1. The smallest absolute Gasteiger partial charge is 0.253 e. The Morgan fingerprint density at radius 1 is 1.21 bits per heavy atom. The van der Waals surface area contributed by atoms with E-state index in [9.17, 15) is 4.79 Å². The van der Waals surface area contributed by atoms with Crippen LogP contribution in [0.15, 0.2) is 48.5 Å². The van der Waals surface area contributed by atoms with Gasteiger partial charge in [-0.15, -0.1) is 0 Å². The van der Waals surface area contributed by atoms with Gasteiger partial charge in [0.25, 0.3) is 5.91 Å². The van der Waals surface area contributed by atoms with E-state index in [0.717, 1.165) is 23.3 Å². The second-order valence-electron chi connectivity index (χ2n) is 7.82. The van der Waals surface area contributed by atoms with E-state index >= 15 is 0 Å². The fourth-order valence-corrected chi connectivity index (χ4v) is 4.14. The average Bonchev–Trinajstić information content (AvgIpc) is 3.13. The van der Waals surface area contributed by atoms with Crippen LogP contribution in [-0.4, -0.2) is 42.9 Å². The molecule has 28 heavy (non-hydrogen) atoms. The highest BCUT2D eigenvalue weighted by Crippen LogP contribution is 2.42. The van der Waals surface area contributed by atoms with Crippen molar-refractivity contribution in [2.24, 2.45) is 0 Å². The van der Waals surface area contributed by atoms with Crippen LogP contribution in [0.3, 0.4) is 0 Å². The maximum Gasteiger partial charge on any atom is 0.253 e. The summed E-state index contributed by atoms with van der Waals surface area (Å²) in [5.74, 6) is 0.845. The molecular formula is C23H27NO4. The van der Waals surface area contributed by atoms with Crippen LogP contribution in [0.1, 0.15) is 41.8 Å². The Hall–Kier alpha value is -2.37. The fraction of sp³-hybridized carbons (Fsp3) is 0.435. The largest absolute Gasteiger partial charge is 0.491 e. The molecule has 0 aliphatic carbocycles. The van der Waals surface area contributed by atoms with Crippen molar-refractivity contribution in [3.63, 3.8) is 0 Å². The molecule has 2 aliphatic rings. The molecule has 0 saturated carbocycles. The minimum absolute atomic E-state index is 0.0244. The number of nitrogens with zero attached hydrogens (tertiary/aromatic N) is 1. The predicted octanol–water partition coefficient (Wildman–Crippen LogP) is 3.90. The van der Waals surface area contributed by atoms with Crippen molar-refractivity contribution in [1.82, 2.24) is 4.90 Å². The van der Waals surface area contributed by atoms with Gasteiger partial charge in [0.1, 0.15) is 24.2 Å². The molecule has 1 amide bonds. The lowest BCUT2D eigenvalue weighted by Gasteiger charge is -2.42. The molecule has 148 valence electrons. The normalized spacial score (nSPS) is 24.3. The van der Waals surface area contributed by atoms with Gasteiger partial charge in [0.15, 0.2) is 0 Å². The summed E-state index contributed by atoms with van der Waals surface area (Å²) in [7, 11) is 0. The van der Waals surface area contributed by atoms with Gasteiger partial charge < -0.3 is 19.1 Å². The Morgan fingerprint density at radius 3 is 2.71 bits per heavy atom. The quantitative estimate of drug-likeness (QED) is 0.806. The van der Waals surface area contributed by atoms with Crippen molar-refractivity contribution in [3.8, 4) is 5.75 Å². The van der Waals surface area contributed by atoms with E-state index in [-0.39, 0.29) is 24.9 Å².